The van der Waals surface area contributed by atoms with Gasteiger partial charge >= 0.3 is 12.4 Å². The van der Waals surface area contributed by atoms with Gasteiger partial charge in [-0.25, -0.2) is 31.5 Å². The molecule has 0 saturated heterocycles. The molecule has 0 atom stereocenters. The number of hydrogen-bond donors (Lipinski definition) is 0. The number of nitrogens with zero attached hydrogens (tertiary/aromatic N) is 3. The fourth-order valence-electron chi connectivity index (χ4n) is 3.87. The zero-order chi connectivity index (χ0) is 32.4. The molecule has 0 radical (unpaired) electrons. The van der Waals surface area contributed by atoms with Crippen molar-refractivity contribution in [3.05, 3.63) is 95.4 Å². The van der Waals surface area contributed by atoms with Crippen molar-refractivity contribution in [2.24, 2.45) is 0 Å². The van der Waals surface area contributed by atoms with Crippen LogP contribution in [-0.4, -0.2) is 32.6 Å². The van der Waals surface area contributed by atoms with Crippen LogP contribution in [0.15, 0.2) is 72.0 Å². The van der Waals surface area contributed by atoms with E-state index in [0.29, 0.717) is 10.1 Å². The summed E-state index contributed by atoms with van der Waals surface area (Å²) in [7, 11) is -2.31. The number of alkyl halides is 6. The van der Waals surface area contributed by atoms with Crippen molar-refractivity contribution in [1.29, 1.82) is 0 Å². The highest BCUT2D eigenvalue weighted by Gasteiger charge is 2.38. The molecule has 1 aromatic heterocycles. The van der Waals surface area contributed by atoms with Crippen molar-refractivity contribution in [2.75, 3.05) is 18.5 Å². The average Bonchev–Trinajstić information content (AvgIpc) is 2.96. The summed E-state index contributed by atoms with van der Waals surface area (Å²) in [6, 6.07) is 6.05. The van der Waals surface area contributed by atoms with Crippen LogP contribution in [0, 0.1) is 11.6 Å². The van der Waals surface area contributed by atoms with Crippen LogP contribution in [0.2, 0.25) is 0 Å². The van der Waals surface area contributed by atoms with Gasteiger partial charge in [-0.05, 0) is 30.3 Å². The van der Waals surface area contributed by atoms with Crippen molar-refractivity contribution in [3.63, 3.8) is 0 Å². The molecule has 17 heteroatoms. The molecule has 3 aromatic carbocycles. The number of sulfonamides is 1. The van der Waals surface area contributed by atoms with Gasteiger partial charge in [0.2, 0.25) is 0 Å². The standard InChI is InChI=1S/C27H19F8N3O5S/c1-41-18-4-3-15(22(10-18)42-2)13-38(25-5-6-36-14-37-25)44(39,40)24-12-20(28)23(11-21(24)29)43-19-8-16(26(30,31)32)7-17(9-19)27(33,34)35/h3-12,14H,13H2,1-2H3. The van der Waals surface area contributed by atoms with Gasteiger partial charge in [0.1, 0.15) is 40.1 Å². The van der Waals surface area contributed by atoms with E-state index in [4.69, 9.17) is 14.2 Å². The Morgan fingerprint density at radius 3 is 1.98 bits per heavy atom. The van der Waals surface area contributed by atoms with Gasteiger partial charge in [-0.3, -0.25) is 0 Å². The highest BCUT2D eigenvalue weighted by Crippen LogP contribution is 2.40. The first-order valence-electron chi connectivity index (χ1n) is 12.0. The van der Waals surface area contributed by atoms with Gasteiger partial charge in [-0.2, -0.15) is 26.3 Å². The molecule has 0 amide bonds. The number of halogens is 8. The van der Waals surface area contributed by atoms with E-state index in [1.54, 1.807) is 0 Å². The van der Waals surface area contributed by atoms with E-state index in [-0.39, 0.29) is 47.5 Å². The Morgan fingerprint density at radius 2 is 1.43 bits per heavy atom. The number of anilines is 1. The predicted molar refractivity (Wildman–Crippen MR) is 138 cm³/mol. The molecule has 8 nitrogen and oxygen atoms in total. The van der Waals surface area contributed by atoms with Crippen molar-refractivity contribution in [1.82, 2.24) is 9.97 Å². The minimum absolute atomic E-state index is 0.149. The van der Waals surface area contributed by atoms with E-state index >= 15 is 8.78 Å². The Bertz CT molecular complexity index is 1740. The van der Waals surface area contributed by atoms with Gasteiger partial charge in [-0.15, -0.1) is 0 Å². The molecule has 1 heterocycles. The second-order valence-corrected chi connectivity index (χ2v) is 10.6. The highest BCUT2D eigenvalue weighted by molar-refractivity contribution is 7.92. The summed E-state index contributed by atoms with van der Waals surface area (Å²) in [6.45, 7) is -0.518. The lowest BCUT2D eigenvalue weighted by Crippen LogP contribution is -2.32. The molecule has 0 bridgehead atoms. The molecular weight excluding hydrogens is 630 g/mol. The van der Waals surface area contributed by atoms with Crippen LogP contribution in [0.1, 0.15) is 16.7 Å². The first-order chi connectivity index (χ1) is 20.5. The largest absolute Gasteiger partial charge is 0.497 e. The summed E-state index contributed by atoms with van der Waals surface area (Å²) in [6.07, 6.45) is -8.29. The molecule has 0 saturated carbocycles. The zero-order valence-electron chi connectivity index (χ0n) is 22.4. The van der Waals surface area contributed by atoms with Crippen LogP contribution in [0.25, 0.3) is 0 Å². The Morgan fingerprint density at radius 1 is 0.773 bits per heavy atom. The van der Waals surface area contributed by atoms with Crippen LogP contribution in [0.4, 0.5) is 40.9 Å². The van der Waals surface area contributed by atoms with Gasteiger partial charge in [0, 0.05) is 36.0 Å². The Hall–Kier alpha value is -4.67. The van der Waals surface area contributed by atoms with Crippen molar-refractivity contribution in [2.45, 2.75) is 23.8 Å². The van der Waals surface area contributed by atoms with Crippen LogP contribution in [0.3, 0.4) is 0 Å². The second-order valence-electron chi connectivity index (χ2n) is 8.81. The molecular formula is C27H19F8N3O5S. The third kappa shape index (κ3) is 6.93. The molecule has 0 spiro atoms. The lowest BCUT2D eigenvalue weighted by Gasteiger charge is -2.25. The van der Waals surface area contributed by atoms with Gasteiger partial charge < -0.3 is 14.2 Å². The number of benzene rings is 3. The Balaban J connectivity index is 1.77. The Labute approximate surface area is 244 Å². The lowest BCUT2D eigenvalue weighted by molar-refractivity contribution is -0.143. The zero-order valence-corrected chi connectivity index (χ0v) is 23.2. The fraction of sp³-hybridized carbons (Fsp3) is 0.185. The summed E-state index contributed by atoms with van der Waals surface area (Å²) in [4.78, 5) is 6.35. The quantitative estimate of drug-likeness (QED) is 0.181. The fourth-order valence-corrected chi connectivity index (χ4v) is 5.33. The third-order valence-corrected chi connectivity index (χ3v) is 7.74. The highest BCUT2D eigenvalue weighted by atomic mass is 32.2. The van der Waals surface area contributed by atoms with Crippen molar-refractivity contribution < 1.29 is 57.8 Å². The van der Waals surface area contributed by atoms with Crippen LogP contribution >= 0.6 is 0 Å². The summed E-state index contributed by atoms with van der Waals surface area (Å²) in [5, 5.41) is 0. The third-order valence-electron chi connectivity index (χ3n) is 5.97. The molecule has 4 aromatic rings. The smallest absolute Gasteiger partial charge is 0.416 e. The number of rotatable bonds is 9. The second kappa shape index (κ2) is 12.1. The summed E-state index contributed by atoms with van der Waals surface area (Å²) in [5.41, 5.74) is -3.28. The number of methoxy groups -OCH3 is 2. The maximum Gasteiger partial charge on any atom is 0.416 e. The maximum atomic E-state index is 15.3. The minimum atomic E-state index is -5.24. The van der Waals surface area contributed by atoms with E-state index < -0.39 is 68.1 Å². The molecule has 234 valence electrons. The van der Waals surface area contributed by atoms with Crippen LogP contribution < -0.4 is 18.5 Å². The van der Waals surface area contributed by atoms with E-state index in [0.717, 1.165) is 6.33 Å². The Kier molecular flexibility index (Phi) is 8.90. The molecule has 0 N–H and O–H groups in total. The normalized spacial score (nSPS) is 12.1. The molecule has 0 aliphatic heterocycles. The minimum Gasteiger partial charge on any atom is -0.497 e. The summed E-state index contributed by atoms with van der Waals surface area (Å²) in [5.74, 6) is -5.27. The summed E-state index contributed by atoms with van der Waals surface area (Å²) >= 11 is 0. The number of hydrogen-bond acceptors (Lipinski definition) is 7. The van der Waals surface area contributed by atoms with Crippen molar-refractivity contribution in [3.8, 4) is 23.0 Å². The number of aromatic nitrogens is 2. The molecule has 0 fully saturated rings. The van der Waals surface area contributed by atoms with E-state index in [1.165, 1.54) is 44.7 Å². The lowest BCUT2D eigenvalue weighted by atomic mass is 10.1. The van der Waals surface area contributed by atoms with Crippen LogP contribution in [0.5, 0.6) is 23.0 Å². The topological polar surface area (TPSA) is 90.9 Å². The number of ether oxygens (including phenoxy) is 3. The first kappa shape index (κ1) is 32.2. The molecule has 44 heavy (non-hydrogen) atoms. The van der Waals surface area contributed by atoms with Gasteiger partial charge in [0.05, 0.1) is 31.9 Å². The predicted octanol–water partition coefficient (Wildman–Crippen LogP) is 7.00. The maximum absolute atomic E-state index is 15.3. The van der Waals surface area contributed by atoms with Gasteiger partial charge in [0.15, 0.2) is 11.6 Å². The van der Waals surface area contributed by atoms with Gasteiger partial charge in [0.25, 0.3) is 10.0 Å². The monoisotopic (exact) mass is 649 g/mol. The van der Waals surface area contributed by atoms with E-state index in [9.17, 15) is 34.8 Å². The SMILES string of the molecule is COc1ccc(CN(c2ccncn2)S(=O)(=O)c2cc(F)c(Oc3cc(C(F)(F)F)cc(C(F)(F)F)c3)cc2F)c(OC)c1. The van der Waals surface area contributed by atoms with Crippen LogP contribution in [-0.2, 0) is 28.9 Å². The molecule has 0 aliphatic rings. The molecule has 0 unspecified atom stereocenters. The summed E-state index contributed by atoms with van der Waals surface area (Å²) < 4.78 is 153. The van der Waals surface area contributed by atoms with E-state index in [1.807, 2.05) is 0 Å². The molecule has 0 aliphatic carbocycles. The first-order valence-corrected chi connectivity index (χ1v) is 13.4. The average molecular weight is 650 g/mol. The molecule has 4 rings (SSSR count). The van der Waals surface area contributed by atoms with Gasteiger partial charge in [-0.1, -0.05) is 0 Å². The van der Waals surface area contributed by atoms with Crippen molar-refractivity contribution >= 4 is 15.8 Å². The van der Waals surface area contributed by atoms with E-state index in [2.05, 4.69) is 9.97 Å².